The molecule has 120 valence electrons. The number of aliphatic hydroxyl groups excluding tert-OH is 1. The van der Waals surface area contributed by atoms with Crippen molar-refractivity contribution in [1.29, 1.82) is 0 Å². The Labute approximate surface area is 127 Å². The Kier molecular flexibility index (Phi) is 7.67. The van der Waals surface area contributed by atoms with Gasteiger partial charge in [-0.05, 0) is 26.8 Å². The highest BCUT2D eigenvalue weighted by molar-refractivity contribution is 5.38. The minimum Gasteiger partial charge on any atom is -0.490 e. The molecule has 0 radical (unpaired) electrons. The van der Waals surface area contributed by atoms with E-state index in [0.29, 0.717) is 12.4 Å². The van der Waals surface area contributed by atoms with E-state index >= 15 is 0 Å². The Bertz CT molecular complexity index is 423. The fourth-order valence-corrected chi connectivity index (χ4v) is 1.95. The van der Waals surface area contributed by atoms with Gasteiger partial charge < -0.3 is 25.1 Å². The third-order valence-electron chi connectivity index (χ3n) is 3.06. The largest absolute Gasteiger partial charge is 0.490 e. The highest BCUT2D eigenvalue weighted by atomic mass is 16.5. The summed E-state index contributed by atoms with van der Waals surface area (Å²) in [4.78, 5) is 0. The molecule has 0 aliphatic rings. The van der Waals surface area contributed by atoms with Gasteiger partial charge in [0.1, 0.15) is 18.5 Å². The summed E-state index contributed by atoms with van der Waals surface area (Å²) < 4.78 is 16.1. The van der Waals surface area contributed by atoms with Gasteiger partial charge in [0.25, 0.3) is 0 Å². The van der Waals surface area contributed by atoms with Crippen molar-refractivity contribution in [2.75, 3.05) is 26.9 Å². The molecule has 0 fully saturated rings. The Balaban J connectivity index is 2.47. The molecule has 0 aromatic heterocycles. The molecule has 1 rings (SSSR count). The van der Waals surface area contributed by atoms with Gasteiger partial charge in [0.2, 0.25) is 0 Å². The van der Waals surface area contributed by atoms with Crippen molar-refractivity contribution < 1.29 is 19.3 Å². The summed E-state index contributed by atoms with van der Waals surface area (Å²) in [5.74, 6) is 0.708. The number of nitrogens with two attached hydrogens (primary N) is 1. The van der Waals surface area contributed by atoms with Gasteiger partial charge >= 0.3 is 0 Å². The number of hydrogen-bond donors (Lipinski definition) is 2. The molecule has 2 unspecified atom stereocenters. The quantitative estimate of drug-likeness (QED) is 0.727. The van der Waals surface area contributed by atoms with Gasteiger partial charge in [-0.1, -0.05) is 17.7 Å². The zero-order valence-electron chi connectivity index (χ0n) is 13.3. The van der Waals surface area contributed by atoms with Crippen LogP contribution in [-0.4, -0.2) is 44.2 Å². The van der Waals surface area contributed by atoms with E-state index in [1.54, 1.807) is 7.11 Å². The zero-order valence-corrected chi connectivity index (χ0v) is 13.3. The van der Waals surface area contributed by atoms with E-state index in [0.717, 1.165) is 11.1 Å². The van der Waals surface area contributed by atoms with Crippen molar-refractivity contribution in [1.82, 2.24) is 0 Å². The van der Waals surface area contributed by atoms with Crippen LogP contribution in [0.4, 0.5) is 0 Å². The van der Waals surface area contributed by atoms with Crippen LogP contribution in [-0.2, 0) is 9.47 Å². The fourth-order valence-electron chi connectivity index (χ4n) is 1.95. The molecule has 3 atom stereocenters. The lowest BCUT2D eigenvalue weighted by atomic mass is 10.1. The van der Waals surface area contributed by atoms with Crippen molar-refractivity contribution in [2.24, 2.45) is 5.73 Å². The predicted molar refractivity (Wildman–Crippen MR) is 82.6 cm³/mol. The molecule has 1 aromatic carbocycles. The van der Waals surface area contributed by atoms with E-state index in [1.807, 2.05) is 39.0 Å². The van der Waals surface area contributed by atoms with Crippen molar-refractivity contribution in [3.8, 4) is 5.75 Å². The summed E-state index contributed by atoms with van der Waals surface area (Å²) in [6.45, 7) is 6.70. The van der Waals surface area contributed by atoms with Gasteiger partial charge in [-0.2, -0.15) is 0 Å². The second-order valence-electron chi connectivity index (χ2n) is 5.39. The molecular weight excluding hydrogens is 270 g/mol. The highest BCUT2D eigenvalue weighted by Crippen LogP contribution is 2.25. The monoisotopic (exact) mass is 297 g/mol. The summed E-state index contributed by atoms with van der Waals surface area (Å²) in [5, 5.41) is 9.89. The van der Waals surface area contributed by atoms with Crippen LogP contribution in [0.25, 0.3) is 0 Å². The maximum atomic E-state index is 9.89. The van der Waals surface area contributed by atoms with Gasteiger partial charge in [0.05, 0.1) is 19.3 Å². The summed E-state index contributed by atoms with van der Waals surface area (Å²) >= 11 is 0. The number of aryl methyl sites for hydroxylation is 1. The SMILES string of the molecule is COCC(C)OCC(O)COc1ccc(C)cc1[C@H](C)N. The average Bonchev–Trinajstić information content (AvgIpc) is 2.44. The van der Waals surface area contributed by atoms with Gasteiger partial charge in [-0.15, -0.1) is 0 Å². The van der Waals surface area contributed by atoms with Gasteiger partial charge in [0.15, 0.2) is 0 Å². The van der Waals surface area contributed by atoms with Crippen LogP contribution < -0.4 is 10.5 Å². The van der Waals surface area contributed by atoms with Crippen molar-refractivity contribution >= 4 is 0 Å². The first-order chi connectivity index (χ1) is 9.93. The number of benzene rings is 1. The molecule has 5 heteroatoms. The summed E-state index contributed by atoms with van der Waals surface area (Å²) in [6.07, 6.45) is -0.741. The van der Waals surface area contributed by atoms with Crippen LogP contribution in [0.3, 0.4) is 0 Å². The number of ether oxygens (including phenoxy) is 3. The summed E-state index contributed by atoms with van der Waals surface area (Å²) in [5.41, 5.74) is 8.01. The van der Waals surface area contributed by atoms with Crippen LogP contribution in [0.15, 0.2) is 18.2 Å². The normalized spacial score (nSPS) is 15.5. The number of rotatable bonds is 9. The molecule has 0 saturated carbocycles. The maximum absolute atomic E-state index is 9.89. The van der Waals surface area contributed by atoms with E-state index < -0.39 is 6.10 Å². The maximum Gasteiger partial charge on any atom is 0.124 e. The molecule has 0 amide bonds. The second kappa shape index (κ2) is 9.00. The third kappa shape index (κ3) is 6.44. The van der Waals surface area contributed by atoms with E-state index in [-0.39, 0.29) is 25.4 Å². The van der Waals surface area contributed by atoms with E-state index in [2.05, 4.69) is 0 Å². The van der Waals surface area contributed by atoms with Crippen molar-refractivity contribution in [3.05, 3.63) is 29.3 Å². The van der Waals surface area contributed by atoms with Crippen LogP contribution in [0, 0.1) is 6.92 Å². The number of aliphatic hydroxyl groups is 1. The van der Waals surface area contributed by atoms with Crippen LogP contribution in [0.2, 0.25) is 0 Å². The highest BCUT2D eigenvalue weighted by Gasteiger charge is 2.12. The molecule has 0 saturated heterocycles. The third-order valence-corrected chi connectivity index (χ3v) is 3.06. The molecule has 1 aromatic rings. The van der Waals surface area contributed by atoms with E-state index in [4.69, 9.17) is 19.9 Å². The van der Waals surface area contributed by atoms with E-state index in [1.165, 1.54) is 0 Å². The summed E-state index contributed by atoms with van der Waals surface area (Å²) in [7, 11) is 1.62. The van der Waals surface area contributed by atoms with Gasteiger partial charge in [0, 0.05) is 18.7 Å². The number of hydrogen-bond acceptors (Lipinski definition) is 5. The average molecular weight is 297 g/mol. The Hall–Kier alpha value is -1.14. The Morgan fingerprint density at radius 2 is 1.90 bits per heavy atom. The predicted octanol–water partition coefficient (Wildman–Crippen LogP) is 1.81. The van der Waals surface area contributed by atoms with Crippen LogP contribution in [0.5, 0.6) is 5.75 Å². The first kappa shape index (κ1) is 17.9. The molecule has 0 heterocycles. The number of methoxy groups -OCH3 is 1. The molecule has 3 N–H and O–H groups in total. The minimum atomic E-state index is -0.688. The Morgan fingerprint density at radius 3 is 2.52 bits per heavy atom. The van der Waals surface area contributed by atoms with E-state index in [9.17, 15) is 5.11 Å². The first-order valence-corrected chi connectivity index (χ1v) is 7.21. The first-order valence-electron chi connectivity index (χ1n) is 7.21. The lowest BCUT2D eigenvalue weighted by Crippen LogP contribution is -2.27. The molecule has 21 heavy (non-hydrogen) atoms. The molecule has 0 aliphatic heterocycles. The molecule has 0 aliphatic carbocycles. The molecular formula is C16H27NO4. The zero-order chi connectivity index (χ0) is 15.8. The lowest BCUT2D eigenvalue weighted by molar-refractivity contribution is -0.0423. The van der Waals surface area contributed by atoms with Crippen LogP contribution in [0.1, 0.15) is 31.0 Å². The van der Waals surface area contributed by atoms with Gasteiger partial charge in [-0.25, -0.2) is 0 Å². The van der Waals surface area contributed by atoms with Crippen molar-refractivity contribution in [3.63, 3.8) is 0 Å². The Morgan fingerprint density at radius 1 is 1.19 bits per heavy atom. The summed E-state index contributed by atoms with van der Waals surface area (Å²) in [6, 6.07) is 5.73. The topological polar surface area (TPSA) is 73.9 Å². The van der Waals surface area contributed by atoms with Gasteiger partial charge in [-0.3, -0.25) is 0 Å². The molecule has 0 spiro atoms. The second-order valence-corrected chi connectivity index (χ2v) is 5.39. The molecule has 5 nitrogen and oxygen atoms in total. The van der Waals surface area contributed by atoms with Crippen LogP contribution >= 0.6 is 0 Å². The standard InChI is InChI=1S/C16H27NO4/c1-11-5-6-16(15(7-11)13(3)17)21-10-14(18)9-20-12(2)8-19-4/h5-7,12-14,18H,8-10,17H2,1-4H3/t12?,13-,14?/m0/s1. The molecule has 0 bridgehead atoms. The smallest absolute Gasteiger partial charge is 0.124 e. The lowest BCUT2D eigenvalue weighted by Gasteiger charge is -2.18. The van der Waals surface area contributed by atoms with Crippen molar-refractivity contribution in [2.45, 2.75) is 39.0 Å². The fraction of sp³-hybridized carbons (Fsp3) is 0.625. The minimum absolute atomic E-state index is 0.0522.